The molecule has 0 fully saturated rings. The largest absolute Gasteiger partial charge is 0.478 e. The van der Waals surface area contributed by atoms with E-state index >= 15 is 0 Å². The number of aryl methyl sites for hydroxylation is 1. The molecule has 0 atom stereocenters. The van der Waals surface area contributed by atoms with Gasteiger partial charge in [0.15, 0.2) is 0 Å². The van der Waals surface area contributed by atoms with Crippen molar-refractivity contribution in [1.82, 2.24) is 9.78 Å². The number of carboxylic acid groups (broad SMARTS) is 1. The van der Waals surface area contributed by atoms with Crippen molar-refractivity contribution in [3.8, 4) is 11.1 Å². The van der Waals surface area contributed by atoms with Crippen LogP contribution in [0.15, 0.2) is 24.4 Å². The highest BCUT2D eigenvalue weighted by Crippen LogP contribution is 2.29. The SMILES string of the molecule is CCCn1ncc(-c2cc(Cl)ccc2C(=O)O)c1C. The predicted octanol–water partition coefficient (Wildman–Crippen LogP) is 3.62. The molecule has 0 amide bonds. The first kappa shape index (κ1) is 13.6. The molecule has 5 heteroatoms. The third-order valence-electron chi connectivity index (χ3n) is 3.04. The molecule has 0 bridgehead atoms. The Kier molecular flexibility index (Phi) is 3.90. The fraction of sp³-hybridized carbons (Fsp3) is 0.286. The topological polar surface area (TPSA) is 55.1 Å². The van der Waals surface area contributed by atoms with Gasteiger partial charge in [-0.1, -0.05) is 18.5 Å². The Morgan fingerprint density at radius 2 is 2.16 bits per heavy atom. The van der Waals surface area contributed by atoms with Gasteiger partial charge in [0, 0.05) is 28.4 Å². The lowest BCUT2D eigenvalue weighted by molar-refractivity contribution is 0.0698. The van der Waals surface area contributed by atoms with Crippen LogP contribution >= 0.6 is 11.6 Å². The zero-order chi connectivity index (χ0) is 14.0. The Morgan fingerprint density at radius 3 is 2.79 bits per heavy atom. The molecule has 0 saturated heterocycles. The molecule has 0 unspecified atom stereocenters. The number of halogens is 1. The summed E-state index contributed by atoms with van der Waals surface area (Å²) >= 11 is 5.97. The highest BCUT2D eigenvalue weighted by atomic mass is 35.5. The Labute approximate surface area is 116 Å². The molecule has 1 N–H and O–H groups in total. The molecule has 1 aromatic heterocycles. The van der Waals surface area contributed by atoms with Crippen LogP contribution in [0.3, 0.4) is 0 Å². The minimum absolute atomic E-state index is 0.239. The van der Waals surface area contributed by atoms with Crippen LogP contribution in [-0.4, -0.2) is 20.9 Å². The van der Waals surface area contributed by atoms with Crippen molar-refractivity contribution in [3.05, 3.63) is 40.7 Å². The van der Waals surface area contributed by atoms with E-state index in [0.717, 1.165) is 24.2 Å². The van der Waals surface area contributed by atoms with E-state index in [1.807, 2.05) is 11.6 Å². The van der Waals surface area contributed by atoms with E-state index in [4.69, 9.17) is 11.6 Å². The maximum absolute atomic E-state index is 11.3. The van der Waals surface area contributed by atoms with Crippen LogP contribution in [0.25, 0.3) is 11.1 Å². The second-order valence-electron chi connectivity index (χ2n) is 4.36. The summed E-state index contributed by atoms with van der Waals surface area (Å²) in [5.74, 6) is -0.964. The number of carbonyl (C=O) groups is 1. The number of aromatic nitrogens is 2. The van der Waals surface area contributed by atoms with Crippen LogP contribution in [-0.2, 0) is 6.54 Å². The highest BCUT2D eigenvalue weighted by Gasteiger charge is 2.16. The molecule has 2 rings (SSSR count). The van der Waals surface area contributed by atoms with Gasteiger partial charge in [0.05, 0.1) is 11.8 Å². The highest BCUT2D eigenvalue weighted by molar-refractivity contribution is 6.31. The maximum atomic E-state index is 11.3. The molecule has 1 aromatic carbocycles. The second-order valence-corrected chi connectivity index (χ2v) is 4.80. The first-order valence-electron chi connectivity index (χ1n) is 6.10. The van der Waals surface area contributed by atoms with Crippen LogP contribution in [0, 0.1) is 6.92 Å². The van der Waals surface area contributed by atoms with Gasteiger partial charge in [-0.05, 0) is 31.5 Å². The summed E-state index contributed by atoms with van der Waals surface area (Å²) in [7, 11) is 0. The molecule has 2 aromatic rings. The molecule has 0 radical (unpaired) electrons. The summed E-state index contributed by atoms with van der Waals surface area (Å²) in [6, 6.07) is 4.78. The molecule has 0 saturated carbocycles. The minimum atomic E-state index is -0.964. The van der Waals surface area contributed by atoms with Gasteiger partial charge in [-0.25, -0.2) is 4.79 Å². The molecule has 4 nitrogen and oxygen atoms in total. The lowest BCUT2D eigenvalue weighted by Gasteiger charge is -2.07. The van der Waals surface area contributed by atoms with E-state index < -0.39 is 5.97 Å². The van der Waals surface area contributed by atoms with Crippen molar-refractivity contribution in [2.24, 2.45) is 0 Å². The van der Waals surface area contributed by atoms with Gasteiger partial charge in [0.1, 0.15) is 0 Å². The average Bonchev–Trinajstić information content (AvgIpc) is 2.71. The number of aromatic carboxylic acids is 1. The molecular formula is C14H15ClN2O2. The van der Waals surface area contributed by atoms with Gasteiger partial charge < -0.3 is 5.11 Å². The molecule has 0 aliphatic heterocycles. The van der Waals surface area contributed by atoms with Crippen molar-refractivity contribution in [2.75, 3.05) is 0 Å². The summed E-state index contributed by atoms with van der Waals surface area (Å²) < 4.78 is 1.88. The molecule has 100 valence electrons. The first-order chi connectivity index (χ1) is 9.04. The molecule has 0 aliphatic carbocycles. The Balaban J connectivity index is 2.58. The third-order valence-corrected chi connectivity index (χ3v) is 3.28. The standard InChI is InChI=1S/C14H15ClN2O2/c1-3-6-17-9(2)13(8-16-17)12-7-10(15)4-5-11(12)14(18)19/h4-5,7-8H,3,6H2,1-2H3,(H,18,19). The number of carboxylic acids is 1. The maximum Gasteiger partial charge on any atom is 0.336 e. The van der Waals surface area contributed by atoms with Gasteiger partial charge in [-0.2, -0.15) is 5.10 Å². The monoisotopic (exact) mass is 278 g/mol. The fourth-order valence-electron chi connectivity index (χ4n) is 2.07. The summed E-state index contributed by atoms with van der Waals surface area (Å²) in [6.07, 6.45) is 2.67. The zero-order valence-electron chi connectivity index (χ0n) is 10.9. The van der Waals surface area contributed by atoms with Gasteiger partial charge in [0.2, 0.25) is 0 Å². The molecular weight excluding hydrogens is 264 g/mol. The van der Waals surface area contributed by atoms with Gasteiger partial charge in [0.25, 0.3) is 0 Å². The van der Waals surface area contributed by atoms with E-state index in [-0.39, 0.29) is 5.56 Å². The first-order valence-corrected chi connectivity index (χ1v) is 6.48. The molecule has 0 aliphatic rings. The molecule has 0 spiro atoms. The fourth-order valence-corrected chi connectivity index (χ4v) is 2.25. The second kappa shape index (κ2) is 5.45. The summed E-state index contributed by atoms with van der Waals surface area (Å²) in [6.45, 7) is 4.82. The van der Waals surface area contributed by atoms with Crippen LogP contribution in [0.5, 0.6) is 0 Å². The van der Waals surface area contributed by atoms with Crippen LogP contribution in [0.2, 0.25) is 5.02 Å². The predicted molar refractivity (Wildman–Crippen MR) is 74.7 cm³/mol. The Hall–Kier alpha value is -1.81. The number of benzene rings is 1. The normalized spacial score (nSPS) is 10.7. The Bertz CT molecular complexity index is 620. The van der Waals surface area contributed by atoms with E-state index in [1.54, 1.807) is 18.3 Å². The van der Waals surface area contributed by atoms with Crippen LogP contribution in [0.1, 0.15) is 29.4 Å². The lowest BCUT2D eigenvalue weighted by atomic mass is 10.0. The number of hydrogen-bond acceptors (Lipinski definition) is 2. The van der Waals surface area contributed by atoms with Crippen molar-refractivity contribution in [2.45, 2.75) is 26.8 Å². The van der Waals surface area contributed by atoms with Gasteiger partial charge >= 0.3 is 5.97 Å². The van der Waals surface area contributed by atoms with E-state index in [0.29, 0.717) is 10.6 Å². The molecule has 19 heavy (non-hydrogen) atoms. The van der Waals surface area contributed by atoms with Crippen molar-refractivity contribution in [1.29, 1.82) is 0 Å². The van der Waals surface area contributed by atoms with E-state index in [9.17, 15) is 9.90 Å². The Morgan fingerprint density at radius 1 is 1.42 bits per heavy atom. The summed E-state index contributed by atoms with van der Waals surface area (Å²) in [4.78, 5) is 11.3. The number of rotatable bonds is 4. The zero-order valence-corrected chi connectivity index (χ0v) is 11.6. The number of hydrogen-bond donors (Lipinski definition) is 1. The van der Waals surface area contributed by atoms with Crippen molar-refractivity contribution < 1.29 is 9.90 Å². The number of nitrogens with zero attached hydrogens (tertiary/aromatic N) is 2. The average molecular weight is 279 g/mol. The van der Waals surface area contributed by atoms with Crippen LogP contribution in [0.4, 0.5) is 0 Å². The van der Waals surface area contributed by atoms with Crippen molar-refractivity contribution >= 4 is 17.6 Å². The van der Waals surface area contributed by atoms with E-state index in [1.165, 1.54) is 6.07 Å². The van der Waals surface area contributed by atoms with Gasteiger partial charge in [-0.3, -0.25) is 4.68 Å². The molecule has 1 heterocycles. The lowest BCUT2D eigenvalue weighted by Crippen LogP contribution is -2.02. The van der Waals surface area contributed by atoms with Crippen molar-refractivity contribution in [3.63, 3.8) is 0 Å². The third kappa shape index (κ3) is 2.63. The van der Waals surface area contributed by atoms with E-state index in [2.05, 4.69) is 12.0 Å². The smallest absolute Gasteiger partial charge is 0.336 e. The van der Waals surface area contributed by atoms with Gasteiger partial charge in [-0.15, -0.1) is 0 Å². The van der Waals surface area contributed by atoms with Crippen LogP contribution < -0.4 is 0 Å². The summed E-state index contributed by atoms with van der Waals surface area (Å²) in [5, 5.41) is 14.1. The quantitative estimate of drug-likeness (QED) is 0.929. The minimum Gasteiger partial charge on any atom is -0.478 e. The summed E-state index contributed by atoms with van der Waals surface area (Å²) in [5.41, 5.74) is 2.61.